The molecule has 1 aliphatic heterocycles. The summed E-state index contributed by atoms with van der Waals surface area (Å²) in [4.78, 5) is 2.31. The molecule has 0 saturated carbocycles. The van der Waals surface area contributed by atoms with E-state index in [0.29, 0.717) is 6.04 Å². The van der Waals surface area contributed by atoms with Crippen molar-refractivity contribution in [3.63, 3.8) is 0 Å². The summed E-state index contributed by atoms with van der Waals surface area (Å²) in [5.41, 5.74) is 6.98. The number of hydrogen-bond donors (Lipinski definition) is 1. The summed E-state index contributed by atoms with van der Waals surface area (Å²) in [5.74, 6) is 0. The highest BCUT2D eigenvalue weighted by Crippen LogP contribution is 2.22. The van der Waals surface area contributed by atoms with Gasteiger partial charge in [-0.05, 0) is 31.4 Å². The number of hydrogen-bond acceptors (Lipinski definition) is 2. The van der Waals surface area contributed by atoms with E-state index in [1.165, 1.54) is 6.07 Å². The molecular weight excluding hydrogens is 234 g/mol. The van der Waals surface area contributed by atoms with Crippen molar-refractivity contribution >= 4 is 0 Å². The largest absolute Gasteiger partial charge is 0.328 e. The lowest BCUT2D eigenvalue weighted by atomic mass is 9.98. The normalized spacial score (nSPS) is 25.6. The second-order valence-electron chi connectivity index (χ2n) is 5.15. The number of likely N-dealkylation sites (tertiary alicyclic amines) is 1. The Kier molecular flexibility index (Phi) is 4.30. The predicted molar refractivity (Wildman–Crippen MR) is 68.5 cm³/mol. The van der Waals surface area contributed by atoms with Crippen molar-refractivity contribution < 1.29 is 8.78 Å². The molecule has 0 spiro atoms. The van der Waals surface area contributed by atoms with Gasteiger partial charge in [-0.2, -0.15) is 0 Å². The number of piperidine rings is 1. The molecule has 1 aliphatic rings. The van der Waals surface area contributed by atoms with Crippen LogP contribution < -0.4 is 5.73 Å². The van der Waals surface area contributed by atoms with E-state index in [1.807, 2.05) is 6.07 Å². The minimum absolute atomic E-state index is 0.105. The van der Waals surface area contributed by atoms with E-state index >= 15 is 0 Å². The summed E-state index contributed by atoms with van der Waals surface area (Å²) in [7, 11) is 0. The average molecular weight is 254 g/mol. The van der Waals surface area contributed by atoms with E-state index in [-0.39, 0.29) is 11.6 Å². The number of nitrogens with two attached hydrogens (primary N) is 1. The van der Waals surface area contributed by atoms with Crippen molar-refractivity contribution in [1.29, 1.82) is 0 Å². The molecular formula is C14H20F2N2. The molecule has 1 aromatic rings. The maximum atomic E-state index is 12.6. The highest BCUT2D eigenvalue weighted by Gasteiger charge is 2.23. The lowest BCUT2D eigenvalue weighted by Crippen LogP contribution is -2.44. The fourth-order valence-electron chi connectivity index (χ4n) is 2.55. The SMILES string of the molecule is CC1CC(N)CCN1Cc1cccc(C(F)F)c1. The Morgan fingerprint density at radius 2 is 2.22 bits per heavy atom. The first-order chi connectivity index (χ1) is 8.56. The molecule has 1 fully saturated rings. The zero-order valence-corrected chi connectivity index (χ0v) is 10.7. The third-order valence-corrected chi connectivity index (χ3v) is 3.64. The first kappa shape index (κ1) is 13.4. The molecule has 18 heavy (non-hydrogen) atoms. The van der Waals surface area contributed by atoms with Crippen molar-refractivity contribution in [3.8, 4) is 0 Å². The number of benzene rings is 1. The molecule has 0 aromatic heterocycles. The molecule has 1 heterocycles. The zero-order valence-electron chi connectivity index (χ0n) is 10.7. The monoisotopic (exact) mass is 254 g/mol. The van der Waals surface area contributed by atoms with Gasteiger partial charge in [0.2, 0.25) is 0 Å². The predicted octanol–water partition coefficient (Wildman–Crippen LogP) is 2.94. The number of rotatable bonds is 3. The molecule has 0 radical (unpaired) electrons. The van der Waals surface area contributed by atoms with Crippen LogP contribution in [-0.4, -0.2) is 23.5 Å². The Bertz CT molecular complexity index is 395. The summed E-state index contributed by atoms with van der Waals surface area (Å²) < 4.78 is 25.2. The fraction of sp³-hybridized carbons (Fsp3) is 0.571. The average Bonchev–Trinajstić information content (AvgIpc) is 2.33. The minimum atomic E-state index is -2.39. The van der Waals surface area contributed by atoms with Crippen LogP contribution in [0.15, 0.2) is 24.3 Å². The Morgan fingerprint density at radius 3 is 2.89 bits per heavy atom. The van der Waals surface area contributed by atoms with E-state index in [9.17, 15) is 8.78 Å². The molecule has 2 N–H and O–H groups in total. The molecule has 1 saturated heterocycles. The van der Waals surface area contributed by atoms with Gasteiger partial charge in [0.05, 0.1) is 0 Å². The van der Waals surface area contributed by atoms with Crippen LogP contribution >= 0.6 is 0 Å². The van der Waals surface area contributed by atoms with Gasteiger partial charge in [-0.15, -0.1) is 0 Å². The van der Waals surface area contributed by atoms with E-state index in [2.05, 4.69) is 11.8 Å². The third-order valence-electron chi connectivity index (χ3n) is 3.64. The van der Waals surface area contributed by atoms with Crippen LogP contribution in [0.2, 0.25) is 0 Å². The second kappa shape index (κ2) is 5.76. The lowest BCUT2D eigenvalue weighted by Gasteiger charge is -2.36. The molecule has 2 atom stereocenters. The molecule has 4 heteroatoms. The molecule has 2 nitrogen and oxygen atoms in total. The summed E-state index contributed by atoms with van der Waals surface area (Å²) in [6, 6.07) is 7.40. The smallest absolute Gasteiger partial charge is 0.263 e. The zero-order chi connectivity index (χ0) is 13.1. The van der Waals surface area contributed by atoms with Gasteiger partial charge in [0.1, 0.15) is 0 Å². The Labute approximate surface area is 107 Å². The van der Waals surface area contributed by atoms with Crippen molar-refractivity contribution in [2.75, 3.05) is 6.54 Å². The van der Waals surface area contributed by atoms with Gasteiger partial charge in [-0.3, -0.25) is 4.90 Å². The van der Waals surface area contributed by atoms with E-state index < -0.39 is 6.43 Å². The number of halogens is 2. The highest BCUT2D eigenvalue weighted by atomic mass is 19.3. The fourth-order valence-corrected chi connectivity index (χ4v) is 2.55. The van der Waals surface area contributed by atoms with Crippen molar-refractivity contribution in [2.45, 2.75) is 44.8 Å². The molecule has 2 rings (SSSR count). The molecule has 0 bridgehead atoms. The van der Waals surface area contributed by atoms with Gasteiger partial charge in [0.15, 0.2) is 0 Å². The maximum Gasteiger partial charge on any atom is 0.263 e. The summed E-state index contributed by atoms with van der Waals surface area (Å²) in [6.45, 7) is 3.83. The highest BCUT2D eigenvalue weighted by molar-refractivity contribution is 5.24. The summed E-state index contributed by atoms with van der Waals surface area (Å²) in [6.07, 6.45) is -0.426. The van der Waals surface area contributed by atoms with Gasteiger partial charge < -0.3 is 5.73 Å². The Balaban J connectivity index is 2.02. The molecule has 0 amide bonds. The summed E-state index contributed by atoms with van der Waals surface area (Å²) in [5, 5.41) is 0. The third kappa shape index (κ3) is 3.27. The molecule has 0 aliphatic carbocycles. The topological polar surface area (TPSA) is 29.3 Å². The maximum absolute atomic E-state index is 12.6. The minimum Gasteiger partial charge on any atom is -0.328 e. The molecule has 1 aromatic carbocycles. The van der Waals surface area contributed by atoms with E-state index in [0.717, 1.165) is 31.5 Å². The van der Waals surface area contributed by atoms with Gasteiger partial charge in [-0.25, -0.2) is 8.78 Å². The van der Waals surface area contributed by atoms with Crippen LogP contribution in [0.25, 0.3) is 0 Å². The van der Waals surface area contributed by atoms with Gasteiger partial charge in [-0.1, -0.05) is 18.2 Å². The Hall–Kier alpha value is -1.00. The van der Waals surface area contributed by atoms with Crippen molar-refractivity contribution in [1.82, 2.24) is 4.90 Å². The Morgan fingerprint density at radius 1 is 1.44 bits per heavy atom. The number of alkyl halides is 2. The second-order valence-corrected chi connectivity index (χ2v) is 5.15. The molecule has 100 valence electrons. The summed E-state index contributed by atoms with van der Waals surface area (Å²) >= 11 is 0. The first-order valence-corrected chi connectivity index (χ1v) is 6.43. The van der Waals surface area contributed by atoms with E-state index in [1.54, 1.807) is 12.1 Å². The van der Waals surface area contributed by atoms with Gasteiger partial charge >= 0.3 is 0 Å². The van der Waals surface area contributed by atoms with Gasteiger partial charge in [0, 0.05) is 30.7 Å². The molecule has 2 unspecified atom stereocenters. The lowest BCUT2D eigenvalue weighted by molar-refractivity contribution is 0.138. The van der Waals surface area contributed by atoms with E-state index in [4.69, 9.17) is 5.73 Å². The van der Waals surface area contributed by atoms with Crippen LogP contribution in [0.1, 0.15) is 37.3 Å². The van der Waals surface area contributed by atoms with Crippen LogP contribution in [-0.2, 0) is 6.54 Å². The van der Waals surface area contributed by atoms with Crippen LogP contribution in [0, 0.1) is 0 Å². The standard InChI is InChI=1S/C14H20F2N2/c1-10-7-13(17)5-6-18(10)9-11-3-2-4-12(8-11)14(15)16/h2-4,8,10,13-14H,5-7,9,17H2,1H3. The quantitative estimate of drug-likeness (QED) is 0.898. The first-order valence-electron chi connectivity index (χ1n) is 6.43. The van der Waals surface area contributed by atoms with Crippen molar-refractivity contribution in [2.24, 2.45) is 5.73 Å². The van der Waals surface area contributed by atoms with Gasteiger partial charge in [0.25, 0.3) is 6.43 Å². The van der Waals surface area contributed by atoms with Crippen LogP contribution in [0.4, 0.5) is 8.78 Å². The number of nitrogens with zero attached hydrogens (tertiary/aromatic N) is 1. The van der Waals surface area contributed by atoms with Crippen molar-refractivity contribution in [3.05, 3.63) is 35.4 Å². The van der Waals surface area contributed by atoms with Crippen LogP contribution in [0.5, 0.6) is 0 Å². The van der Waals surface area contributed by atoms with Crippen LogP contribution in [0.3, 0.4) is 0 Å².